The Morgan fingerprint density at radius 2 is 1.70 bits per heavy atom. The number of hydrogen-bond donors (Lipinski definition) is 2. The summed E-state index contributed by atoms with van der Waals surface area (Å²) in [6.07, 6.45) is 0. The summed E-state index contributed by atoms with van der Waals surface area (Å²) < 4.78 is 0. The van der Waals surface area contributed by atoms with Crippen molar-refractivity contribution in [3.63, 3.8) is 0 Å². The van der Waals surface area contributed by atoms with Crippen LogP contribution in [0.25, 0.3) is 0 Å². The second kappa shape index (κ2) is 2.39. The molecular weight excluding hydrogens is 152 g/mol. The number of halogens is 1. The molecule has 1 aromatic carbocycles. The van der Waals surface area contributed by atoms with Crippen LogP contribution < -0.4 is 0 Å². The zero-order chi connectivity index (χ0) is 7.72. The Morgan fingerprint density at radius 3 is 2.20 bits per heavy atom. The first-order valence-corrected chi connectivity index (χ1v) is 3.17. The van der Waals surface area contributed by atoms with Crippen LogP contribution in [0.3, 0.4) is 0 Å². The van der Waals surface area contributed by atoms with Gasteiger partial charge in [-0.2, -0.15) is 0 Å². The Morgan fingerprint density at radius 1 is 1.20 bits per heavy atom. The van der Waals surface area contributed by atoms with Gasteiger partial charge in [0, 0.05) is 11.1 Å². The van der Waals surface area contributed by atoms with Crippen LogP contribution in [0.2, 0.25) is 5.02 Å². The molecule has 10 heavy (non-hydrogen) atoms. The first-order valence-electron chi connectivity index (χ1n) is 2.79. The summed E-state index contributed by atoms with van der Waals surface area (Å²) in [6, 6.07) is 2.73. The van der Waals surface area contributed by atoms with Crippen molar-refractivity contribution in [2.24, 2.45) is 0 Å². The van der Waals surface area contributed by atoms with Gasteiger partial charge < -0.3 is 10.2 Å². The number of aromatic hydroxyl groups is 2. The Hall–Kier alpha value is -0.890. The van der Waals surface area contributed by atoms with Crippen LogP contribution in [-0.2, 0) is 0 Å². The summed E-state index contributed by atoms with van der Waals surface area (Å²) >= 11 is 5.61. The van der Waals surface area contributed by atoms with Gasteiger partial charge in [-0.15, -0.1) is 0 Å². The standard InChI is InChI=1S/C7H7ClO2/c1-4-2-6(9)7(10)3-5(4)8/h2-3,9-10H,1H3. The van der Waals surface area contributed by atoms with E-state index in [4.69, 9.17) is 21.8 Å². The predicted molar refractivity (Wildman–Crippen MR) is 39.5 cm³/mol. The quantitative estimate of drug-likeness (QED) is 0.568. The highest BCUT2D eigenvalue weighted by Crippen LogP contribution is 2.30. The van der Waals surface area contributed by atoms with Crippen LogP contribution >= 0.6 is 11.6 Å². The molecule has 1 aromatic rings. The molecule has 54 valence electrons. The maximum Gasteiger partial charge on any atom is 0.158 e. The van der Waals surface area contributed by atoms with Gasteiger partial charge in [-0.25, -0.2) is 0 Å². The third kappa shape index (κ3) is 1.16. The lowest BCUT2D eigenvalue weighted by atomic mass is 10.2. The molecule has 0 fully saturated rings. The van der Waals surface area contributed by atoms with Crippen LogP contribution in [0.1, 0.15) is 5.56 Å². The molecule has 0 atom stereocenters. The molecular formula is C7H7ClO2. The van der Waals surface area contributed by atoms with E-state index >= 15 is 0 Å². The first kappa shape index (κ1) is 7.22. The smallest absolute Gasteiger partial charge is 0.158 e. The minimum absolute atomic E-state index is 0.137. The molecule has 1 rings (SSSR count). The van der Waals surface area contributed by atoms with Crippen molar-refractivity contribution in [1.29, 1.82) is 0 Å². The largest absolute Gasteiger partial charge is 0.504 e. The van der Waals surface area contributed by atoms with Gasteiger partial charge in [0.25, 0.3) is 0 Å². The number of phenolic OH excluding ortho intramolecular Hbond substituents is 2. The van der Waals surface area contributed by atoms with E-state index in [0.717, 1.165) is 5.56 Å². The van der Waals surface area contributed by atoms with E-state index in [2.05, 4.69) is 0 Å². The maximum atomic E-state index is 8.92. The minimum Gasteiger partial charge on any atom is -0.504 e. The second-order valence-electron chi connectivity index (χ2n) is 2.09. The number of benzene rings is 1. The zero-order valence-corrected chi connectivity index (χ0v) is 6.18. The fraction of sp³-hybridized carbons (Fsp3) is 0.143. The highest BCUT2D eigenvalue weighted by Gasteiger charge is 2.01. The van der Waals surface area contributed by atoms with Gasteiger partial charge in [0.2, 0.25) is 0 Å². The minimum atomic E-state index is -0.185. The van der Waals surface area contributed by atoms with Crippen molar-refractivity contribution < 1.29 is 10.2 Å². The number of hydrogen-bond acceptors (Lipinski definition) is 2. The Labute approximate surface area is 63.7 Å². The number of rotatable bonds is 0. The van der Waals surface area contributed by atoms with Crippen molar-refractivity contribution in [1.82, 2.24) is 0 Å². The van der Waals surface area contributed by atoms with Crippen LogP contribution in [-0.4, -0.2) is 10.2 Å². The SMILES string of the molecule is Cc1cc(O)c(O)cc1Cl. The molecule has 2 N–H and O–H groups in total. The van der Waals surface area contributed by atoms with Crippen molar-refractivity contribution in [3.8, 4) is 11.5 Å². The Kier molecular flexibility index (Phi) is 1.72. The number of aryl methyl sites for hydroxylation is 1. The molecule has 0 saturated heterocycles. The summed E-state index contributed by atoms with van der Waals surface area (Å²) in [5, 5.41) is 18.3. The Balaban J connectivity index is 3.28. The lowest BCUT2D eigenvalue weighted by molar-refractivity contribution is 0.403. The lowest BCUT2D eigenvalue weighted by Gasteiger charge is -1.99. The second-order valence-corrected chi connectivity index (χ2v) is 2.50. The molecule has 0 aliphatic heterocycles. The highest BCUT2D eigenvalue weighted by atomic mass is 35.5. The lowest BCUT2D eigenvalue weighted by Crippen LogP contribution is -1.74. The van der Waals surface area contributed by atoms with E-state index in [-0.39, 0.29) is 11.5 Å². The van der Waals surface area contributed by atoms with Crippen LogP contribution in [0, 0.1) is 6.92 Å². The normalized spacial score (nSPS) is 9.80. The van der Waals surface area contributed by atoms with Gasteiger partial charge in [0.15, 0.2) is 11.5 Å². The molecule has 0 radical (unpaired) electrons. The third-order valence-corrected chi connectivity index (χ3v) is 1.66. The summed E-state index contributed by atoms with van der Waals surface area (Å²) in [5.41, 5.74) is 0.747. The number of phenols is 2. The summed E-state index contributed by atoms with van der Waals surface area (Å²) in [7, 11) is 0. The molecule has 3 heteroatoms. The van der Waals surface area contributed by atoms with Gasteiger partial charge >= 0.3 is 0 Å². The first-order chi connectivity index (χ1) is 4.61. The molecule has 0 aliphatic rings. The van der Waals surface area contributed by atoms with E-state index in [9.17, 15) is 0 Å². The highest BCUT2D eigenvalue weighted by molar-refractivity contribution is 6.31. The van der Waals surface area contributed by atoms with Gasteiger partial charge in [-0.3, -0.25) is 0 Å². The monoisotopic (exact) mass is 158 g/mol. The topological polar surface area (TPSA) is 40.5 Å². The van der Waals surface area contributed by atoms with E-state index < -0.39 is 0 Å². The van der Waals surface area contributed by atoms with E-state index in [1.165, 1.54) is 12.1 Å². The summed E-state index contributed by atoms with van der Waals surface area (Å²) in [5.74, 6) is -0.322. The van der Waals surface area contributed by atoms with Gasteiger partial charge in [-0.1, -0.05) is 11.6 Å². The molecule has 0 aliphatic carbocycles. The summed E-state index contributed by atoms with van der Waals surface area (Å²) in [6.45, 7) is 1.75. The molecule has 0 spiro atoms. The van der Waals surface area contributed by atoms with Crippen LogP contribution in [0.5, 0.6) is 11.5 Å². The van der Waals surface area contributed by atoms with Gasteiger partial charge in [0.1, 0.15) is 0 Å². The van der Waals surface area contributed by atoms with E-state index in [1.54, 1.807) is 6.92 Å². The van der Waals surface area contributed by atoms with Crippen molar-refractivity contribution >= 4 is 11.6 Å². The maximum absolute atomic E-state index is 8.92. The van der Waals surface area contributed by atoms with Crippen LogP contribution in [0.4, 0.5) is 0 Å². The average molecular weight is 159 g/mol. The summed E-state index contributed by atoms with van der Waals surface area (Å²) in [4.78, 5) is 0. The molecule has 0 heterocycles. The molecule has 0 amide bonds. The van der Waals surface area contributed by atoms with Crippen LogP contribution in [0.15, 0.2) is 12.1 Å². The molecule has 0 unspecified atom stereocenters. The van der Waals surface area contributed by atoms with Crippen molar-refractivity contribution in [2.45, 2.75) is 6.92 Å². The third-order valence-electron chi connectivity index (χ3n) is 1.26. The predicted octanol–water partition coefficient (Wildman–Crippen LogP) is 2.06. The Bertz CT molecular complexity index is 208. The molecule has 0 saturated carbocycles. The molecule has 2 nitrogen and oxygen atoms in total. The van der Waals surface area contributed by atoms with E-state index in [0.29, 0.717) is 5.02 Å². The van der Waals surface area contributed by atoms with Gasteiger partial charge in [0.05, 0.1) is 0 Å². The van der Waals surface area contributed by atoms with Crippen molar-refractivity contribution in [2.75, 3.05) is 0 Å². The molecule has 0 aromatic heterocycles. The zero-order valence-electron chi connectivity index (χ0n) is 5.43. The molecule has 0 bridgehead atoms. The fourth-order valence-corrected chi connectivity index (χ4v) is 0.814. The van der Waals surface area contributed by atoms with Gasteiger partial charge in [-0.05, 0) is 18.6 Å². The fourth-order valence-electron chi connectivity index (χ4n) is 0.656. The average Bonchev–Trinajstić information content (AvgIpc) is 1.84. The van der Waals surface area contributed by atoms with E-state index in [1.807, 2.05) is 0 Å². The van der Waals surface area contributed by atoms with Crippen molar-refractivity contribution in [3.05, 3.63) is 22.7 Å².